The fourth-order valence-corrected chi connectivity index (χ4v) is 3.17. The fraction of sp³-hybridized carbons (Fsp3) is 0.263. The van der Waals surface area contributed by atoms with Crippen LogP contribution in [0.5, 0.6) is 0 Å². The highest BCUT2D eigenvalue weighted by molar-refractivity contribution is 5.86. The highest BCUT2D eigenvalue weighted by Crippen LogP contribution is 2.22. The van der Waals surface area contributed by atoms with Gasteiger partial charge in [0.2, 0.25) is 5.91 Å². The van der Waals surface area contributed by atoms with Crippen molar-refractivity contribution in [3.63, 3.8) is 0 Å². The van der Waals surface area contributed by atoms with Crippen LogP contribution in [0.1, 0.15) is 22.9 Å². The number of aromatic nitrogens is 3. The Morgan fingerprint density at radius 2 is 2.30 bits per heavy atom. The molecule has 2 N–H and O–H groups in total. The van der Waals surface area contributed by atoms with Crippen molar-refractivity contribution in [3.8, 4) is 0 Å². The van der Waals surface area contributed by atoms with Gasteiger partial charge in [-0.1, -0.05) is 12.1 Å². The summed E-state index contributed by atoms with van der Waals surface area (Å²) in [6.45, 7) is 2.11. The number of hydrogen-bond acceptors (Lipinski definition) is 5. The third-order valence-electron chi connectivity index (χ3n) is 4.49. The van der Waals surface area contributed by atoms with Gasteiger partial charge in [0.1, 0.15) is 12.3 Å². The van der Waals surface area contributed by atoms with Gasteiger partial charge in [0.15, 0.2) is 6.10 Å². The highest BCUT2D eigenvalue weighted by Gasteiger charge is 2.36. The molecule has 1 aliphatic heterocycles. The summed E-state index contributed by atoms with van der Waals surface area (Å²) in [5.74, 6) is -0.568. The van der Waals surface area contributed by atoms with Crippen LogP contribution >= 0.6 is 0 Å². The first-order valence-electron chi connectivity index (χ1n) is 8.63. The van der Waals surface area contributed by atoms with Gasteiger partial charge in [-0.2, -0.15) is 0 Å². The predicted octanol–water partition coefficient (Wildman–Crippen LogP) is 0.910. The Balaban J connectivity index is 1.48. The van der Waals surface area contributed by atoms with Crippen molar-refractivity contribution in [2.75, 3.05) is 6.61 Å². The summed E-state index contributed by atoms with van der Waals surface area (Å²) >= 11 is 0. The molecular formula is C19H19N5O3. The van der Waals surface area contributed by atoms with Crippen molar-refractivity contribution in [1.82, 2.24) is 25.0 Å². The van der Waals surface area contributed by atoms with E-state index in [1.54, 1.807) is 24.5 Å². The molecule has 138 valence electrons. The molecule has 0 unspecified atom stereocenters. The summed E-state index contributed by atoms with van der Waals surface area (Å²) in [6, 6.07) is 6.91. The van der Waals surface area contributed by atoms with Crippen molar-refractivity contribution < 1.29 is 14.3 Å². The molecule has 8 heteroatoms. The van der Waals surface area contributed by atoms with Crippen LogP contribution in [0.15, 0.2) is 49.1 Å². The molecule has 3 aromatic rings. The molecule has 0 aromatic carbocycles. The summed E-state index contributed by atoms with van der Waals surface area (Å²) in [6.07, 6.45) is 6.22. The van der Waals surface area contributed by atoms with E-state index in [1.165, 1.54) is 0 Å². The normalized spacial score (nSPS) is 19.7. The lowest BCUT2D eigenvalue weighted by Crippen LogP contribution is -2.52. The van der Waals surface area contributed by atoms with E-state index in [4.69, 9.17) is 4.74 Å². The summed E-state index contributed by atoms with van der Waals surface area (Å²) < 4.78 is 7.43. The van der Waals surface area contributed by atoms with E-state index in [0.29, 0.717) is 5.56 Å². The Kier molecular flexibility index (Phi) is 4.55. The number of aryl methyl sites for hydroxylation is 1. The Morgan fingerprint density at radius 1 is 1.41 bits per heavy atom. The average molecular weight is 365 g/mol. The van der Waals surface area contributed by atoms with Crippen LogP contribution in [-0.2, 0) is 20.9 Å². The van der Waals surface area contributed by atoms with E-state index in [1.807, 2.05) is 35.9 Å². The van der Waals surface area contributed by atoms with Crippen molar-refractivity contribution >= 4 is 17.5 Å². The Hall–Kier alpha value is -3.26. The first-order valence-corrected chi connectivity index (χ1v) is 8.63. The zero-order chi connectivity index (χ0) is 18.8. The number of carbonyl (C=O) groups is 2. The second kappa shape index (κ2) is 7.16. The lowest BCUT2D eigenvalue weighted by Gasteiger charge is -2.31. The average Bonchev–Trinajstić information content (AvgIpc) is 3.11. The Morgan fingerprint density at radius 3 is 3.07 bits per heavy atom. The first-order chi connectivity index (χ1) is 13.1. The van der Waals surface area contributed by atoms with Gasteiger partial charge in [-0.15, -0.1) is 0 Å². The highest BCUT2D eigenvalue weighted by atomic mass is 16.5. The molecule has 0 spiro atoms. The van der Waals surface area contributed by atoms with Gasteiger partial charge >= 0.3 is 0 Å². The van der Waals surface area contributed by atoms with E-state index in [0.717, 1.165) is 16.9 Å². The molecule has 0 saturated carbocycles. The zero-order valence-electron chi connectivity index (χ0n) is 14.8. The molecule has 0 radical (unpaired) electrons. The predicted molar refractivity (Wildman–Crippen MR) is 96.6 cm³/mol. The minimum Gasteiger partial charge on any atom is -0.356 e. The lowest BCUT2D eigenvalue weighted by atomic mass is 10.0. The maximum atomic E-state index is 12.7. The van der Waals surface area contributed by atoms with Crippen molar-refractivity contribution in [2.24, 2.45) is 0 Å². The molecule has 8 nitrogen and oxygen atoms in total. The number of fused-ring (bicyclic) bond motifs is 1. The van der Waals surface area contributed by atoms with Gasteiger partial charge in [0, 0.05) is 24.8 Å². The number of hydrogen-bond donors (Lipinski definition) is 2. The third-order valence-corrected chi connectivity index (χ3v) is 4.49. The molecule has 0 aliphatic carbocycles. The number of ether oxygens (including phenoxy) is 1. The molecule has 2 atom stereocenters. The van der Waals surface area contributed by atoms with Gasteiger partial charge in [0.05, 0.1) is 18.3 Å². The van der Waals surface area contributed by atoms with Crippen LogP contribution in [0.3, 0.4) is 0 Å². The molecule has 1 saturated heterocycles. The number of carbonyl (C=O) groups excluding carboxylic acids is 2. The van der Waals surface area contributed by atoms with Crippen molar-refractivity contribution in [2.45, 2.75) is 25.6 Å². The quantitative estimate of drug-likeness (QED) is 0.716. The van der Waals surface area contributed by atoms with Gasteiger partial charge in [-0.3, -0.25) is 14.6 Å². The molecule has 27 heavy (non-hydrogen) atoms. The number of pyridine rings is 2. The smallest absolute Gasteiger partial charge is 0.251 e. The standard InChI is InChI=1S/C19H19N5O3/c1-12-4-3-7-24-10-14(22-18(12)24)9-21-19(26)17-16(23-15(25)11-27-17)13-5-2-6-20-8-13/h2-8,10,16-17H,9,11H2,1H3,(H,21,26)(H,23,25)/t16-,17+/m1/s1. The SMILES string of the molecule is Cc1cccn2cc(CNC(=O)[C@H]3OCC(=O)N[C@@H]3c3cccnc3)nc12. The second-order valence-electron chi connectivity index (χ2n) is 6.44. The van der Waals surface area contributed by atoms with Gasteiger partial charge in [0.25, 0.3) is 5.91 Å². The third kappa shape index (κ3) is 3.52. The topological polar surface area (TPSA) is 97.6 Å². The minimum absolute atomic E-state index is 0.150. The zero-order valence-corrected chi connectivity index (χ0v) is 14.8. The second-order valence-corrected chi connectivity index (χ2v) is 6.44. The summed E-state index contributed by atoms with van der Waals surface area (Å²) in [4.78, 5) is 33.0. The van der Waals surface area contributed by atoms with Gasteiger partial charge in [-0.05, 0) is 30.2 Å². The van der Waals surface area contributed by atoms with Crippen molar-refractivity contribution in [1.29, 1.82) is 0 Å². The minimum atomic E-state index is -0.828. The number of imidazole rings is 1. The Bertz CT molecular complexity index is 985. The maximum absolute atomic E-state index is 12.7. The largest absolute Gasteiger partial charge is 0.356 e. The van der Waals surface area contributed by atoms with E-state index >= 15 is 0 Å². The Labute approximate surface area is 155 Å². The lowest BCUT2D eigenvalue weighted by molar-refractivity contribution is -0.148. The molecule has 3 aromatic heterocycles. The fourth-order valence-electron chi connectivity index (χ4n) is 3.17. The van der Waals surface area contributed by atoms with Crippen LogP contribution in [0, 0.1) is 6.92 Å². The number of nitrogens with one attached hydrogen (secondary N) is 2. The summed E-state index contributed by atoms with van der Waals surface area (Å²) in [5.41, 5.74) is 3.38. The molecule has 0 bridgehead atoms. The van der Waals surface area contributed by atoms with Crippen molar-refractivity contribution in [3.05, 3.63) is 65.9 Å². The molecule has 1 aliphatic rings. The summed E-state index contributed by atoms with van der Waals surface area (Å²) in [7, 11) is 0. The maximum Gasteiger partial charge on any atom is 0.251 e. The molecule has 4 rings (SSSR count). The van der Waals surface area contributed by atoms with E-state index in [-0.39, 0.29) is 25.0 Å². The molecule has 4 heterocycles. The van der Waals surface area contributed by atoms with Gasteiger partial charge in [-0.25, -0.2) is 4.98 Å². The monoisotopic (exact) mass is 365 g/mol. The van der Waals surface area contributed by atoms with Crippen LogP contribution in [-0.4, -0.2) is 38.9 Å². The molecular weight excluding hydrogens is 346 g/mol. The number of amides is 2. The van der Waals surface area contributed by atoms with Crippen LogP contribution in [0.25, 0.3) is 5.65 Å². The summed E-state index contributed by atoms with van der Waals surface area (Å²) in [5, 5.41) is 5.66. The van der Waals surface area contributed by atoms with Crippen LogP contribution in [0.2, 0.25) is 0 Å². The van der Waals surface area contributed by atoms with E-state index in [9.17, 15) is 9.59 Å². The molecule has 2 amide bonds. The number of morpholine rings is 1. The van der Waals surface area contributed by atoms with Crippen LogP contribution in [0.4, 0.5) is 0 Å². The number of nitrogens with zero attached hydrogens (tertiary/aromatic N) is 3. The number of rotatable bonds is 4. The van der Waals surface area contributed by atoms with Crippen LogP contribution < -0.4 is 10.6 Å². The first kappa shape index (κ1) is 17.2. The molecule has 1 fully saturated rings. The van der Waals surface area contributed by atoms with E-state index in [2.05, 4.69) is 20.6 Å². The van der Waals surface area contributed by atoms with Gasteiger partial charge < -0.3 is 19.8 Å². The van der Waals surface area contributed by atoms with E-state index < -0.39 is 12.1 Å².